The number of amides is 1. The van der Waals surface area contributed by atoms with Gasteiger partial charge in [-0.2, -0.15) is 0 Å². The van der Waals surface area contributed by atoms with E-state index in [1.165, 1.54) is 55.3 Å². The van der Waals surface area contributed by atoms with E-state index in [9.17, 15) is 24.8 Å². The van der Waals surface area contributed by atoms with Crippen molar-refractivity contribution in [1.29, 1.82) is 0 Å². The van der Waals surface area contributed by atoms with Crippen LogP contribution in [0.5, 0.6) is 11.5 Å². The van der Waals surface area contributed by atoms with Gasteiger partial charge in [0.05, 0.1) is 33.2 Å². The molecular formula is C35H27ClN4O7S. The predicted molar refractivity (Wildman–Crippen MR) is 185 cm³/mol. The number of fused-ring (bicyclic) bond motifs is 1. The number of H-pyrrole nitrogens is 1. The van der Waals surface area contributed by atoms with E-state index >= 15 is 0 Å². The number of hydrogen-bond donors (Lipinski definition) is 2. The molecule has 0 unspecified atom stereocenters. The Hall–Kier alpha value is -5.59. The highest BCUT2D eigenvalue weighted by molar-refractivity contribution is 8.18. The molecular weight excluding hydrogens is 656 g/mol. The lowest BCUT2D eigenvalue weighted by Crippen LogP contribution is -2.31. The van der Waals surface area contributed by atoms with Crippen molar-refractivity contribution in [3.8, 4) is 11.5 Å². The van der Waals surface area contributed by atoms with Gasteiger partial charge in [0.25, 0.3) is 11.6 Å². The number of carbonyl (C=O) groups is 2. The molecule has 13 heteroatoms. The Morgan fingerprint density at radius 3 is 2.65 bits per heavy atom. The van der Waals surface area contributed by atoms with Crippen LogP contribution in [0.25, 0.3) is 17.0 Å². The summed E-state index contributed by atoms with van der Waals surface area (Å²) in [5.74, 6) is -0.695. The first kappa shape index (κ1) is 32.4. The summed E-state index contributed by atoms with van der Waals surface area (Å²) < 4.78 is 11.5. The fraction of sp³-hybridized carbons (Fsp3) is 0.114. The molecule has 0 spiro atoms. The molecule has 242 valence electrons. The van der Waals surface area contributed by atoms with Crippen LogP contribution in [0.1, 0.15) is 27.0 Å². The van der Waals surface area contributed by atoms with E-state index in [1.807, 2.05) is 30.5 Å². The number of thioether (sulfide) groups is 1. The van der Waals surface area contributed by atoms with Gasteiger partial charge in [-0.1, -0.05) is 41.9 Å². The number of para-hydroxylation sites is 1. The Balaban J connectivity index is 1.27. The van der Waals surface area contributed by atoms with Gasteiger partial charge in [-0.3, -0.25) is 19.8 Å². The largest absolute Gasteiger partial charge is 0.493 e. The van der Waals surface area contributed by atoms with Gasteiger partial charge < -0.3 is 19.6 Å². The first-order chi connectivity index (χ1) is 23.2. The van der Waals surface area contributed by atoms with Crippen LogP contribution in [0.4, 0.5) is 11.4 Å². The van der Waals surface area contributed by atoms with Gasteiger partial charge >= 0.3 is 5.97 Å². The first-order valence-corrected chi connectivity index (χ1v) is 15.8. The van der Waals surface area contributed by atoms with E-state index in [4.69, 9.17) is 21.1 Å². The molecule has 1 saturated heterocycles. The molecule has 0 saturated carbocycles. The average molecular weight is 683 g/mol. The van der Waals surface area contributed by atoms with E-state index in [2.05, 4.69) is 9.98 Å². The summed E-state index contributed by atoms with van der Waals surface area (Å²) >= 11 is 7.82. The second-order valence-corrected chi connectivity index (χ2v) is 12.1. The van der Waals surface area contributed by atoms with Crippen LogP contribution in [-0.4, -0.2) is 50.6 Å². The maximum absolute atomic E-state index is 13.8. The predicted octanol–water partition coefficient (Wildman–Crippen LogP) is 7.86. The van der Waals surface area contributed by atoms with Crippen LogP contribution >= 0.6 is 23.4 Å². The molecule has 1 aliphatic rings. The number of non-ortho nitro benzene ring substituents is 1. The quantitative estimate of drug-likeness (QED) is 0.0813. The Kier molecular flexibility index (Phi) is 9.46. The summed E-state index contributed by atoms with van der Waals surface area (Å²) in [5.41, 5.74) is 3.83. The van der Waals surface area contributed by atoms with Crippen molar-refractivity contribution in [2.24, 2.45) is 4.99 Å². The van der Waals surface area contributed by atoms with Crippen molar-refractivity contribution in [1.82, 2.24) is 9.88 Å². The van der Waals surface area contributed by atoms with Gasteiger partial charge in [0, 0.05) is 35.8 Å². The number of nitrogens with zero attached hydrogens (tertiary/aromatic N) is 3. The lowest BCUT2D eigenvalue weighted by molar-refractivity contribution is -0.384. The fourth-order valence-corrected chi connectivity index (χ4v) is 6.48. The molecule has 2 N–H and O–H groups in total. The van der Waals surface area contributed by atoms with Crippen LogP contribution in [0.3, 0.4) is 0 Å². The third-order valence-corrected chi connectivity index (χ3v) is 8.85. The number of nitro groups is 1. The number of nitrogens with one attached hydrogen (secondary N) is 1. The first-order valence-electron chi connectivity index (χ1n) is 14.6. The topological polar surface area (TPSA) is 147 Å². The Morgan fingerprint density at radius 2 is 1.90 bits per heavy atom. The van der Waals surface area contributed by atoms with E-state index in [0.29, 0.717) is 45.6 Å². The summed E-state index contributed by atoms with van der Waals surface area (Å²) in [5, 5.41) is 22.2. The summed E-state index contributed by atoms with van der Waals surface area (Å²) in [6.45, 7) is 0.399. The van der Waals surface area contributed by atoms with Crippen molar-refractivity contribution >= 4 is 68.8 Å². The molecule has 0 atom stereocenters. The number of aromatic amines is 1. The highest BCUT2D eigenvalue weighted by atomic mass is 35.5. The number of carboxylic acids is 1. The van der Waals surface area contributed by atoms with Gasteiger partial charge in [-0.05, 0) is 83.4 Å². The molecule has 0 bridgehead atoms. The fourth-order valence-electron chi connectivity index (χ4n) is 5.18. The number of nitro benzene ring substituents is 1. The van der Waals surface area contributed by atoms with E-state index in [0.717, 1.165) is 16.5 Å². The molecule has 1 amide bonds. The minimum atomic E-state index is -1.04. The van der Waals surface area contributed by atoms with Gasteiger partial charge in [0.2, 0.25) is 0 Å². The minimum Gasteiger partial charge on any atom is -0.493 e. The number of carbonyl (C=O) groups excluding carboxylic acids is 1. The average Bonchev–Trinajstić information content (AvgIpc) is 3.62. The van der Waals surface area contributed by atoms with Gasteiger partial charge in [-0.15, -0.1) is 0 Å². The number of benzene rings is 4. The normalized spacial score (nSPS) is 14.6. The highest BCUT2D eigenvalue weighted by Gasteiger charge is 2.33. The number of methoxy groups -OCH3 is 1. The number of amidine groups is 1. The van der Waals surface area contributed by atoms with Crippen molar-refractivity contribution in [2.45, 2.75) is 13.0 Å². The highest BCUT2D eigenvalue weighted by Crippen LogP contribution is 2.40. The number of halogens is 1. The minimum absolute atomic E-state index is 0.0554. The van der Waals surface area contributed by atoms with E-state index < -0.39 is 10.9 Å². The maximum atomic E-state index is 13.8. The van der Waals surface area contributed by atoms with Crippen LogP contribution in [-0.2, 0) is 17.8 Å². The third-order valence-electron chi connectivity index (χ3n) is 7.56. The number of aromatic carboxylic acids is 1. The second kappa shape index (κ2) is 14.0. The Morgan fingerprint density at radius 1 is 1.10 bits per heavy atom. The maximum Gasteiger partial charge on any atom is 0.335 e. The lowest BCUT2D eigenvalue weighted by atomic mass is 10.1. The van der Waals surface area contributed by atoms with Crippen LogP contribution < -0.4 is 9.47 Å². The van der Waals surface area contributed by atoms with Crippen molar-refractivity contribution in [3.05, 3.63) is 133 Å². The number of carboxylic acid groups (broad SMARTS) is 1. The SMILES string of the molecule is COc1cc(/C=C2\SC(=Nc3ccc([N+](=O)[O-])cc3)N(CCc3c[nH]c4ccccc34)C2=O)cc(Cl)c1OCc1cccc(C(=O)O)c1. The summed E-state index contributed by atoms with van der Waals surface area (Å²) in [6.07, 6.45) is 4.19. The molecule has 4 aromatic carbocycles. The van der Waals surface area contributed by atoms with Crippen LogP contribution in [0.2, 0.25) is 5.02 Å². The molecule has 0 radical (unpaired) electrons. The van der Waals surface area contributed by atoms with Crippen molar-refractivity contribution < 1.29 is 29.1 Å². The zero-order valence-electron chi connectivity index (χ0n) is 25.4. The number of rotatable bonds is 11. The third kappa shape index (κ3) is 7.04. The summed E-state index contributed by atoms with van der Waals surface area (Å²) in [4.78, 5) is 45.8. The zero-order chi connectivity index (χ0) is 33.8. The zero-order valence-corrected chi connectivity index (χ0v) is 27.0. The number of ether oxygens (including phenoxy) is 2. The molecule has 2 heterocycles. The monoisotopic (exact) mass is 682 g/mol. The number of aliphatic imine (C=N–C) groups is 1. The Labute approximate surface area is 283 Å². The van der Waals surface area contributed by atoms with E-state index in [1.54, 1.807) is 35.2 Å². The molecule has 6 rings (SSSR count). The molecule has 1 aromatic heterocycles. The molecule has 11 nitrogen and oxygen atoms in total. The lowest BCUT2D eigenvalue weighted by Gasteiger charge is -2.15. The van der Waals surface area contributed by atoms with E-state index in [-0.39, 0.29) is 34.5 Å². The number of hydrogen-bond acceptors (Lipinski definition) is 8. The van der Waals surface area contributed by atoms with Crippen molar-refractivity contribution in [3.63, 3.8) is 0 Å². The molecule has 1 fully saturated rings. The Bertz CT molecular complexity index is 2110. The smallest absolute Gasteiger partial charge is 0.335 e. The standard InChI is InChI=1S/C35H27ClN4O7S/c1-46-30-17-22(16-28(36)32(30)47-20-21-5-4-6-23(15-21)34(42)43)18-31-33(41)39(14-13-24-19-37-29-8-3-2-7-27(24)29)35(48-31)38-25-9-11-26(12-10-25)40(44)45/h2-12,15-19,37H,13-14,20H2,1H3,(H,42,43)/b31-18-,38-35?. The molecule has 1 aliphatic heterocycles. The summed E-state index contributed by atoms with van der Waals surface area (Å²) in [7, 11) is 1.47. The van der Waals surface area contributed by atoms with Gasteiger partial charge in [-0.25, -0.2) is 9.79 Å². The molecule has 0 aliphatic carbocycles. The molecule has 48 heavy (non-hydrogen) atoms. The number of aromatic nitrogens is 1. The van der Waals surface area contributed by atoms with Crippen LogP contribution in [0, 0.1) is 10.1 Å². The van der Waals surface area contributed by atoms with Gasteiger partial charge in [0.1, 0.15) is 6.61 Å². The summed E-state index contributed by atoms with van der Waals surface area (Å²) in [6, 6.07) is 23.5. The van der Waals surface area contributed by atoms with Crippen molar-refractivity contribution in [2.75, 3.05) is 13.7 Å². The van der Waals surface area contributed by atoms with Gasteiger partial charge in [0.15, 0.2) is 16.7 Å². The second-order valence-electron chi connectivity index (χ2n) is 10.7. The molecule has 5 aromatic rings. The van der Waals surface area contributed by atoms with Crippen LogP contribution in [0.15, 0.2) is 101 Å².